The third-order valence-electron chi connectivity index (χ3n) is 9.18. The van der Waals surface area contributed by atoms with Gasteiger partial charge in [-0.3, -0.25) is 9.59 Å². The van der Waals surface area contributed by atoms with Crippen molar-refractivity contribution in [2.45, 2.75) is 73.1 Å². The molecule has 0 aliphatic heterocycles. The van der Waals surface area contributed by atoms with Crippen molar-refractivity contribution in [3.63, 3.8) is 0 Å². The van der Waals surface area contributed by atoms with Crippen molar-refractivity contribution in [1.29, 1.82) is 0 Å². The van der Waals surface area contributed by atoms with Gasteiger partial charge in [-0.25, -0.2) is 17.6 Å². The normalized spacial score (nSPS) is 27.6. The Kier molecular flexibility index (Phi) is 8.98. The number of rotatable bonds is 9. The van der Waals surface area contributed by atoms with Crippen molar-refractivity contribution in [2.24, 2.45) is 17.8 Å². The number of fused-ring (bicyclic) bond motifs is 2. The lowest BCUT2D eigenvalue weighted by Gasteiger charge is -2.33. The summed E-state index contributed by atoms with van der Waals surface area (Å²) in [4.78, 5) is 37.3. The molecular weight excluding hydrogens is 640 g/mol. The number of carboxylic acids is 1. The predicted molar refractivity (Wildman–Crippen MR) is 152 cm³/mol. The maximum Gasteiger partial charge on any atom is 0.501 e. The lowest BCUT2D eigenvalue weighted by molar-refractivity contribution is -0.163. The molecule has 0 aromatic heterocycles. The minimum Gasteiger partial charge on any atom is -0.496 e. The highest BCUT2D eigenvalue weighted by atomic mass is 32.2. The Hall–Kier alpha value is -3.92. The van der Waals surface area contributed by atoms with Crippen LogP contribution in [-0.4, -0.2) is 66.8 Å². The van der Waals surface area contributed by atoms with Crippen molar-refractivity contribution in [3.05, 3.63) is 47.8 Å². The van der Waals surface area contributed by atoms with E-state index in [-0.39, 0.29) is 60.3 Å². The smallest absolute Gasteiger partial charge is 0.496 e. The molecule has 16 heteroatoms. The zero-order valence-electron chi connectivity index (χ0n) is 24.5. The van der Waals surface area contributed by atoms with Crippen molar-refractivity contribution in [3.8, 4) is 11.5 Å². The molecule has 3 saturated carbocycles. The van der Waals surface area contributed by atoms with E-state index in [4.69, 9.17) is 9.47 Å². The van der Waals surface area contributed by atoms with Gasteiger partial charge in [0.15, 0.2) is 17.2 Å². The summed E-state index contributed by atoms with van der Waals surface area (Å²) in [6.45, 7) is 0. The van der Waals surface area contributed by atoms with Gasteiger partial charge in [0.2, 0.25) is 5.91 Å². The Balaban J connectivity index is 1.32. The molecule has 3 fully saturated rings. The Morgan fingerprint density at radius 1 is 1.00 bits per heavy atom. The maximum atomic E-state index is 15.0. The van der Waals surface area contributed by atoms with Crippen molar-refractivity contribution < 1.29 is 60.0 Å². The summed E-state index contributed by atoms with van der Waals surface area (Å²) in [5, 5.41) is 24.8. The number of hydrogen-bond donors (Lipinski definition) is 4. The highest BCUT2D eigenvalue weighted by Crippen LogP contribution is 2.49. The molecule has 0 spiro atoms. The third-order valence-corrected chi connectivity index (χ3v) is 10.7. The number of anilines is 1. The van der Waals surface area contributed by atoms with Gasteiger partial charge in [0.25, 0.3) is 15.7 Å². The van der Waals surface area contributed by atoms with Gasteiger partial charge in [-0.15, -0.1) is 0 Å². The first kappa shape index (κ1) is 33.4. The molecule has 0 radical (unpaired) electrons. The Morgan fingerprint density at radius 3 is 2.30 bits per heavy atom. The summed E-state index contributed by atoms with van der Waals surface area (Å²) in [5.41, 5.74) is -7.67. The van der Waals surface area contributed by atoms with Crippen LogP contribution >= 0.6 is 0 Å². The van der Waals surface area contributed by atoms with Crippen LogP contribution in [0.4, 0.5) is 23.2 Å². The largest absolute Gasteiger partial charge is 0.501 e. The molecule has 0 saturated heterocycles. The van der Waals surface area contributed by atoms with Gasteiger partial charge in [0.05, 0.1) is 29.6 Å². The molecule has 0 unspecified atom stereocenters. The molecular formula is C30H32F4N2O9S. The monoisotopic (exact) mass is 672 g/mol. The number of benzene rings is 2. The van der Waals surface area contributed by atoms with Crippen LogP contribution in [0.15, 0.2) is 41.3 Å². The van der Waals surface area contributed by atoms with E-state index in [1.807, 2.05) is 0 Å². The molecule has 3 aliphatic carbocycles. The molecule has 11 nitrogen and oxygen atoms in total. The maximum absolute atomic E-state index is 15.0. The van der Waals surface area contributed by atoms with E-state index in [1.54, 1.807) is 0 Å². The fourth-order valence-electron chi connectivity index (χ4n) is 6.76. The Bertz CT molecular complexity index is 1640. The van der Waals surface area contributed by atoms with Crippen molar-refractivity contribution in [2.75, 3.05) is 12.4 Å². The summed E-state index contributed by atoms with van der Waals surface area (Å²) in [7, 11) is -4.41. The van der Waals surface area contributed by atoms with Crippen LogP contribution in [0.3, 0.4) is 0 Å². The first-order chi connectivity index (χ1) is 21.5. The topological polar surface area (TPSA) is 168 Å². The van der Waals surface area contributed by atoms with Gasteiger partial charge < -0.3 is 30.3 Å². The van der Waals surface area contributed by atoms with Crippen LogP contribution in [0.25, 0.3) is 0 Å². The lowest BCUT2D eigenvalue weighted by atomic mass is 9.83. The zero-order chi connectivity index (χ0) is 33.6. The number of carbonyl (C=O) groups excluding carboxylic acids is 2. The predicted octanol–water partition coefficient (Wildman–Crippen LogP) is 4.05. The number of aliphatic hydroxyl groups is 1. The molecule has 5 rings (SSSR count). The SMILES string of the molecule is COc1cc(F)c(O[C@H]2CC[C@@](O)(C(=O)O)CC2)cc1C(=O)N[C@@H]1[C@@H]2CC[C@@H](C2)[C@@H]1C(=O)Nc1cccc(S(=O)(=O)C(F)(F)F)c1. The number of alkyl halides is 3. The van der Waals surface area contributed by atoms with Gasteiger partial charge in [-0.05, 0) is 81.0 Å². The summed E-state index contributed by atoms with van der Waals surface area (Å²) in [6.07, 6.45) is 1.41. The van der Waals surface area contributed by atoms with Gasteiger partial charge in [-0.1, -0.05) is 6.07 Å². The number of carbonyl (C=O) groups is 3. The fraction of sp³-hybridized carbons (Fsp3) is 0.500. The average Bonchev–Trinajstić information content (AvgIpc) is 3.60. The van der Waals surface area contributed by atoms with Crippen LogP contribution in [0.2, 0.25) is 0 Å². The summed E-state index contributed by atoms with van der Waals surface area (Å²) < 4.78 is 88.8. The van der Waals surface area contributed by atoms with Gasteiger partial charge >= 0.3 is 11.5 Å². The first-order valence-corrected chi connectivity index (χ1v) is 16.1. The molecule has 2 bridgehead atoms. The minimum atomic E-state index is -5.64. The molecule has 250 valence electrons. The number of carboxylic acid groups (broad SMARTS) is 1. The zero-order valence-corrected chi connectivity index (χ0v) is 25.3. The molecule has 3 aliphatic rings. The van der Waals surface area contributed by atoms with E-state index >= 15 is 0 Å². The number of aliphatic carboxylic acids is 1. The molecule has 0 heterocycles. The third kappa shape index (κ3) is 6.36. The van der Waals surface area contributed by atoms with Gasteiger partial charge in [-0.2, -0.15) is 13.2 Å². The second kappa shape index (κ2) is 12.4. The standard InChI is InChI=1S/C30H32F4N2O9S/c1-44-22-14-21(31)23(45-18-7-9-29(41,10-8-18)28(39)40)13-20(22)26(37)36-25-16-6-5-15(11-16)24(25)27(38)35-17-3-2-4-19(12-17)46(42,43)30(32,33)34/h2-4,12-16,18,24-25,41H,5-11H2,1H3,(H,35,38)(H,36,37)(H,39,40)/t15-,16+,18-,24-,25+,29-/m0/s1. The summed E-state index contributed by atoms with van der Waals surface area (Å²) in [5.74, 6) is -4.92. The van der Waals surface area contributed by atoms with Crippen LogP contribution in [0.1, 0.15) is 55.3 Å². The highest BCUT2D eigenvalue weighted by Gasteiger charge is 2.52. The van der Waals surface area contributed by atoms with Gasteiger partial charge in [0.1, 0.15) is 5.75 Å². The number of hydrogen-bond acceptors (Lipinski definition) is 8. The number of amides is 2. The molecule has 4 atom stereocenters. The van der Waals surface area contributed by atoms with Crippen LogP contribution < -0.4 is 20.1 Å². The molecule has 2 aromatic carbocycles. The van der Waals surface area contributed by atoms with E-state index in [9.17, 15) is 50.6 Å². The molecule has 2 amide bonds. The van der Waals surface area contributed by atoms with Crippen LogP contribution in [0, 0.1) is 23.6 Å². The van der Waals surface area contributed by atoms with Crippen LogP contribution in [-0.2, 0) is 19.4 Å². The fourth-order valence-corrected chi connectivity index (χ4v) is 7.56. The average molecular weight is 673 g/mol. The van der Waals surface area contributed by atoms with Crippen molar-refractivity contribution in [1.82, 2.24) is 5.32 Å². The Morgan fingerprint density at radius 2 is 1.67 bits per heavy atom. The van der Waals surface area contributed by atoms with Crippen molar-refractivity contribution >= 4 is 33.3 Å². The van der Waals surface area contributed by atoms with E-state index in [0.717, 1.165) is 30.3 Å². The van der Waals surface area contributed by atoms with E-state index in [1.165, 1.54) is 13.2 Å². The summed E-state index contributed by atoms with van der Waals surface area (Å²) in [6, 6.07) is 5.25. The molecule has 46 heavy (non-hydrogen) atoms. The number of nitrogens with one attached hydrogen (secondary N) is 2. The lowest BCUT2D eigenvalue weighted by Crippen LogP contribution is -2.48. The van der Waals surface area contributed by atoms with E-state index < -0.39 is 67.5 Å². The number of sulfone groups is 1. The van der Waals surface area contributed by atoms with Gasteiger partial charge in [0, 0.05) is 17.8 Å². The second-order valence-corrected chi connectivity index (χ2v) is 13.9. The highest BCUT2D eigenvalue weighted by molar-refractivity contribution is 7.92. The molecule has 4 N–H and O–H groups in total. The quantitative estimate of drug-likeness (QED) is 0.287. The van der Waals surface area contributed by atoms with Crippen LogP contribution in [0.5, 0.6) is 11.5 Å². The molecule has 2 aromatic rings. The number of methoxy groups -OCH3 is 1. The minimum absolute atomic E-state index is 0.0938. The second-order valence-electron chi connectivity index (χ2n) is 12.0. The number of ether oxygens (including phenoxy) is 2. The Labute approximate surface area is 261 Å². The first-order valence-electron chi connectivity index (χ1n) is 14.6. The number of halogens is 4. The summed E-state index contributed by atoms with van der Waals surface area (Å²) >= 11 is 0. The van der Waals surface area contributed by atoms with E-state index in [0.29, 0.717) is 19.3 Å². The van der Waals surface area contributed by atoms with E-state index in [2.05, 4.69) is 10.6 Å².